The number of aromatic nitrogens is 4. The van der Waals surface area contributed by atoms with E-state index in [1.807, 2.05) is 0 Å². The van der Waals surface area contributed by atoms with E-state index in [4.69, 9.17) is 10.5 Å². The number of carbonyl (C=O) groups is 2. The largest absolute Gasteiger partial charge is 0.468 e. The standard InChI is InChI=1S/C18H18N6O3/c1-10-20-14(19)13-15(21-10)23(18(22-13)27-2)8-5-9-24-16(25)11-6-3-4-7-12(11)17(24)26/h3-4,6-7H,5,8-9H2,1-2H3,(H2,19,20,21). The average molecular weight is 366 g/mol. The number of rotatable bonds is 5. The topological polar surface area (TPSA) is 116 Å². The van der Waals surface area contributed by atoms with Gasteiger partial charge in [0.2, 0.25) is 0 Å². The number of benzene rings is 1. The van der Waals surface area contributed by atoms with Crippen LogP contribution in [-0.4, -0.2) is 49.9 Å². The summed E-state index contributed by atoms with van der Waals surface area (Å²) in [6, 6.07) is 7.21. The van der Waals surface area contributed by atoms with Crippen molar-refractivity contribution in [3.8, 4) is 6.01 Å². The Labute approximate surface area is 154 Å². The maximum absolute atomic E-state index is 12.4. The van der Waals surface area contributed by atoms with Crippen LogP contribution in [-0.2, 0) is 6.54 Å². The first kappa shape index (κ1) is 17.0. The third kappa shape index (κ3) is 2.67. The van der Waals surface area contributed by atoms with Gasteiger partial charge in [0, 0.05) is 13.1 Å². The smallest absolute Gasteiger partial charge is 0.298 e. The van der Waals surface area contributed by atoms with Gasteiger partial charge in [-0.15, -0.1) is 0 Å². The summed E-state index contributed by atoms with van der Waals surface area (Å²) in [4.78, 5) is 39.0. The van der Waals surface area contributed by atoms with Gasteiger partial charge in [0.05, 0.1) is 18.2 Å². The van der Waals surface area contributed by atoms with Crippen LogP contribution in [0.4, 0.5) is 5.82 Å². The number of carbonyl (C=O) groups excluding carboxylic acids is 2. The molecule has 4 rings (SSSR count). The molecule has 27 heavy (non-hydrogen) atoms. The number of imide groups is 1. The van der Waals surface area contributed by atoms with Gasteiger partial charge in [-0.05, 0) is 25.5 Å². The van der Waals surface area contributed by atoms with Crippen molar-refractivity contribution in [1.82, 2.24) is 24.4 Å². The zero-order valence-corrected chi connectivity index (χ0v) is 15.0. The van der Waals surface area contributed by atoms with E-state index < -0.39 is 0 Å². The molecule has 138 valence electrons. The fraction of sp³-hybridized carbons (Fsp3) is 0.278. The molecule has 9 heteroatoms. The molecule has 0 aliphatic carbocycles. The van der Waals surface area contributed by atoms with Crippen molar-refractivity contribution in [3.05, 3.63) is 41.2 Å². The monoisotopic (exact) mass is 366 g/mol. The van der Waals surface area contributed by atoms with E-state index in [-0.39, 0.29) is 24.2 Å². The number of hydrogen-bond acceptors (Lipinski definition) is 7. The highest BCUT2D eigenvalue weighted by Gasteiger charge is 2.34. The van der Waals surface area contributed by atoms with E-state index in [9.17, 15) is 9.59 Å². The second-order valence-electron chi connectivity index (χ2n) is 6.24. The number of fused-ring (bicyclic) bond motifs is 2. The molecule has 2 amide bonds. The normalized spacial score (nSPS) is 13.5. The lowest BCUT2D eigenvalue weighted by atomic mass is 10.1. The first-order valence-electron chi connectivity index (χ1n) is 8.51. The van der Waals surface area contributed by atoms with Crippen molar-refractivity contribution >= 4 is 28.8 Å². The molecule has 0 bridgehead atoms. The summed E-state index contributed by atoms with van der Waals surface area (Å²) in [7, 11) is 1.51. The summed E-state index contributed by atoms with van der Waals surface area (Å²) in [6.45, 7) is 2.50. The van der Waals surface area contributed by atoms with E-state index in [0.717, 1.165) is 0 Å². The molecule has 0 saturated carbocycles. The lowest BCUT2D eigenvalue weighted by Crippen LogP contribution is -2.31. The quantitative estimate of drug-likeness (QED) is 0.679. The molecule has 1 aliphatic heterocycles. The molecule has 0 atom stereocenters. The number of methoxy groups -OCH3 is 1. The van der Waals surface area contributed by atoms with Crippen LogP contribution in [0.15, 0.2) is 24.3 Å². The maximum Gasteiger partial charge on any atom is 0.298 e. The van der Waals surface area contributed by atoms with Crippen LogP contribution in [0.25, 0.3) is 11.2 Å². The lowest BCUT2D eigenvalue weighted by Gasteiger charge is -2.14. The van der Waals surface area contributed by atoms with Gasteiger partial charge in [0.15, 0.2) is 17.0 Å². The number of anilines is 1. The first-order valence-corrected chi connectivity index (χ1v) is 8.51. The highest BCUT2D eigenvalue weighted by Crippen LogP contribution is 2.25. The Bertz CT molecular complexity index is 1040. The van der Waals surface area contributed by atoms with Crippen LogP contribution < -0.4 is 10.5 Å². The van der Waals surface area contributed by atoms with Crippen LogP contribution in [0.5, 0.6) is 6.01 Å². The Morgan fingerprint density at radius 3 is 2.33 bits per heavy atom. The molecule has 0 spiro atoms. The molecule has 9 nitrogen and oxygen atoms in total. The number of nitrogen functional groups attached to an aromatic ring is 1. The van der Waals surface area contributed by atoms with Gasteiger partial charge in [-0.3, -0.25) is 19.1 Å². The summed E-state index contributed by atoms with van der Waals surface area (Å²) >= 11 is 0. The molecular formula is C18H18N6O3. The number of aryl methyl sites for hydroxylation is 2. The number of nitrogens with zero attached hydrogens (tertiary/aromatic N) is 5. The third-order valence-electron chi connectivity index (χ3n) is 4.52. The van der Waals surface area contributed by atoms with Gasteiger partial charge in [-0.25, -0.2) is 9.97 Å². The van der Waals surface area contributed by atoms with Crippen molar-refractivity contribution in [2.24, 2.45) is 0 Å². The zero-order chi connectivity index (χ0) is 19.1. The minimum absolute atomic E-state index is 0.263. The molecule has 3 aromatic rings. The highest BCUT2D eigenvalue weighted by molar-refractivity contribution is 6.21. The molecule has 3 heterocycles. The molecule has 1 aliphatic rings. The summed E-state index contributed by atoms with van der Waals surface area (Å²) < 4.78 is 7.10. The van der Waals surface area contributed by atoms with Crippen molar-refractivity contribution in [3.63, 3.8) is 0 Å². The Balaban J connectivity index is 1.55. The van der Waals surface area contributed by atoms with E-state index in [1.54, 1.807) is 35.8 Å². The highest BCUT2D eigenvalue weighted by atomic mass is 16.5. The van der Waals surface area contributed by atoms with E-state index in [1.165, 1.54) is 12.0 Å². The van der Waals surface area contributed by atoms with Gasteiger partial charge >= 0.3 is 0 Å². The predicted molar refractivity (Wildman–Crippen MR) is 97.5 cm³/mol. The lowest BCUT2D eigenvalue weighted by molar-refractivity contribution is 0.0651. The van der Waals surface area contributed by atoms with Crippen LogP contribution in [0.1, 0.15) is 33.0 Å². The van der Waals surface area contributed by atoms with Crippen molar-refractivity contribution < 1.29 is 14.3 Å². The minimum atomic E-state index is -0.263. The molecule has 0 fully saturated rings. The van der Waals surface area contributed by atoms with Crippen LogP contribution in [0.2, 0.25) is 0 Å². The number of ether oxygens (including phenoxy) is 1. The minimum Gasteiger partial charge on any atom is -0.468 e. The molecule has 2 aromatic heterocycles. The third-order valence-corrected chi connectivity index (χ3v) is 4.52. The van der Waals surface area contributed by atoms with Crippen LogP contribution in [0.3, 0.4) is 0 Å². The maximum atomic E-state index is 12.4. The second-order valence-corrected chi connectivity index (χ2v) is 6.24. The molecule has 0 radical (unpaired) electrons. The summed E-state index contributed by atoms with van der Waals surface area (Å²) in [5, 5.41) is 0. The molecular weight excluding hydrogens is 348 g/mol. The SMILES string of the molecule is COc1nc2c(N)nc(C)nc2n1CCCN1C(=O)c2ccccc2C1=O. The Kier molecular flexibility index (Phi) is 3.98. The summed E-state index contributed by atoms with van der Waals surface area (Å²) in [5.41, 5.74) is 7.86. The second kappa shape index (κ2) is 6.35. The fourth-order valence-corrected chi connectivity index (χ4v) is 3.30. The van der Waals surface area contributed by atoms with Crippen molar-refractivity contribution in [1.29, 1.82) is 0 Å². The summed E-state index contributed by atoms with van der Waals surface area (Å²) in [5.74, 6) is 0.292. The summed E-state index contributed by atoms with van der Waals surface area (Å²) in [6.07, 6.45) is 0.524. The van der Waals surface area contributed by atoms with Gasteiger partial charge < -0.3 is 10.5 Å². The fourth-order valence-electron chi connectivity index (χ4n) is 3.30. The Morgan fingerprint density at radius 2 is 1.70 bits per heavy atom. The zero-order valence-electron chi connectivity index (χ0n) is 15.0. The predicted octanol–water partition coefficient (Wildman–Crippen LogP) is 1.41. The van der Waals surface area contributed by atoms with Gasteiger partial charge in [0.25, 0.3) is 17.8 Å². The molecule has 0 unspecified atom stereocenters. The Hall–Kier alpha value is -3.49. The van der Waals surface area contributed by atoms with Gasteiger partial charge in [0.1, 0.15) is 5.82 Å². The van der Waals surface area contributed by atoms with E-state index in [0.29, 0.717) is 47.1 Å². The first-order chi connectivity index (χ1) is 13.0. The molecule has 2 N–H and O–H groups in total. The number of imidazole rings is 1. The molecule has 1 aromatic carbocycles. The Morgan fingerprint density at radius 1 is 1.04 bits per heavy atom. The van der Waals surface area contributed by atoms with Crippen LogP contribution in [0, 0.1) is 6.92 Å². The van der Waals surface area contributed by atoms with E-state index >= 15 is 0 Å². The van der Waals surface area contributed by atoms with Crippen molar-refractivity contribution in [2.75, 3.05) is 19.4 Å². The number of amides is 2. The van der Waals surface area contributed by atoms with Gasteiger partial charge in [-0.2, -0.15) is 4.98 Å². The van der Waals surface area contributed by atoms with Crippen LogP contribution >= 0.6 is 0 Å². The number of nitrogens with two attached hydrogens (primary N) is 1. The number of hydrogen-bond donors (Lipinski definition) is 1. The van der Waals surface area contributed by atoms with Crippen molar-refractivity contribution in [2.45, 2.75) is 19.9 Å². The van der Waals surface area contributed by atoms with E-state index in [2.05, 4.69) is 15.0 Å². The molecule has 0 saturated heterocycles. The van der Waals surface area contributed by atoms with Gasteiger partial charge in [-0.1, -0.05) is 12.1 Å². The average Bonchev–Trinajstić information content (AvgIpc) is 3.13.